The summed E-state index contributed by atoms with van der Waals surface area (Å²) in [6.07, 6.45) is 4.87. The lowest BCUT2D eigenvalue weighted by Gasteiger charge is -2.59. The highest BCUT2D eigenvalue weighted by Gasteiger charge is 2.51. The van der Waals surface area contributed by atoms with Crippen LogP contribution in [0.3, 0.4) is 0 Å². The van der Waals surface area contributed by atoms with Crippen LogP contribution in [0.15, 0.2) is 0 Å². The van der Waals surface area contributed by atoms with Crippen LogP contribution in [-0.2, 0) is 4.79 Å². The van der Waals surface area contributed by atoms with E-state index in [1.807, 2.05) is 18.7 Å². The van der Waals surface area contributed by atoms with Gasteiger partial charge in [-0.05, 0) is 31.6 Å². The van der Waals surface area contributed by atoms with Gasteiger partial charge >= 0.3 is 0 Å². The van der Waals surface area contributed by atoms with E-state index in [1.54, 1.807) is 0 Å². The maximum absolute atomic E-state index is 12.0. The van der Waals surface area contributed by atoms with Gasteiger partial charge in [0.1, 0.15) is 0 Å². The average molecular weight is 196 g/mol. The van der Waals surface area contributed by atoms with Crippen molar-refractivity contribution in [1.29, 1.82) is 0 Å². The summed E-state index contributed by atoms with van der Waals surface area (Å²) < 4.78 is 0. The van der Waals surface area contributed by atoms with Gasteiger partial charge in [-0.15, -0.1) is 0 Å². The SMILES string of the molecule is CC(C)[C@@H](N)C(=O)N1CCC12CCC2. The molecule has 2 rings (SSSR count). The molecule has 14 heavy (non-hydrogen) atoms. The van der Waals surface area contributed by atoms with E-state index in [0.29, 0.717) is 0 Å². The van der Waals surface area contributed by atoms with E-state index in [1.165, 1.54) is 25.7 Å². The van der Waals surface area contributed by atoms with Gasteiger partial charge in [0.2, 0.25) is 5.91 Å². The van der Waals surface area contributed by atoms with Gasteiger partial charge in [-0.25, -0.2) is 0 Å². The molecule has 0 aromatic carbocycles. The Hall–Kier alpha value is -0.570. The quantitative estimate of drug-likeness (QED) is 0.719. The summed E-state index contributed by atoms with van der Waals surface area (Å²) >= 11 is 0. The summed E-state index contributed by atoms with van der Waals surface area (Å²) in [5, 5.41) is 0. The third kappa shape index (κ3) is 1.26. The Bertz CT molecular complexity index is 240. The predicted octanol–water partition coefficient (Wildman–Crippen LogP) is 1.12. The number of amides is 1. The molecule has 1 saturated carbocycles. The van der Waals surface area contributed by atoms with Crippen LogP contribution in [0.4, 0.5) is 0 Å². The third-order valence-electron chi connectivity index (χ3n) is 3.93. The summed E-state index contributed by atoms with van der Waals surface area (Å²) in [5.41, 5.74) is 6.13. The number of carbonyl (C=O) groups excluding carboxylic acids is 1. The molecule has 1 atom stereocenters. The molecule has 1 saturated heterocycles. The van der Waals surface area contributed by atoms with Crippen molar-refractivity contribution in [2.24, 2.45) is 11.7 Å². The zero-order valence-corrected chi connectivity index (χ0v) is 9.12. The number of hydrogen-bond donors (Lipinski definition) is 1. The van der Waals surface area contributed by atoms with Crippen LogP contribution < -0.4 is 5.73 Å². The summed E-state index contributed by atoms with van der Waals surface area (Å²) in [6, 6.07) is -0.298. The Kier molecular flexibility index (Phi) is 2.30. The number of likely N-dealkylation sites (tertiary alicyclic amines) is 1. The maximum atomic E-state index is 12.0. The van der Waals surface area contributed by atoms with Crippen LogP contribution in [0.2, 0.25) is 0 Å². The first-order valence-corrected chi connectivity index (χ1v) is 5.64. The molecule has 1 spiro atoms. The Morgan fingerprint density at radius 2 is 2.00 bits per heavy atom. The molecule has 0 aromatic heterocycles. The topological polar surface area (TPSA) is 46.3 Å². The number of nitrogens with zero attached hydrogens (tertiary/aromatic N) is 1. The lowest BCUT2D eigenvalue weighted by Crippen LogP contribution is -2.68. The second-order valence-electron chi connectivity index (χ2n) is 5.09. The molecule has 1 amide bonds. The highest BCUT2D eigenvalue weighted by Crippen LogP contribution is 2.47. The molecule has 0 radical (unpaired) electrons. The van der Waals surface area contributed by atoms with Crippen molar-refractivity contribution in [2.75, 3.05) is 6.54 Å². The van der Waals surface area contributed by atoms with E-state index in [9.17, 15) is 4.79 Å². The fourth-order valence-corrected chi connectivity index (χ4v) is 2.45. The summed E-state index contributed by atoms with van der Waals surface area (Å²) in [7, 11) is 0. The van der Waals surface area contributed by atoms with E-state index in [-0.39, 0.29) is 23.4 Å². The minimum atomic E-state index is -0.298. The van der Waals surface area contributed by atoms with Crippen LogP contribution in [0.25, 0.3) is 0 Å². The number of rotatable bonds is 2. The van der Waals surface area contributed by atoms with Crippen molar-refractivity contribution in [3.63, 3.8) is 0 Å². The van der Waals surface area contributed by atoms with Crippen molar-refractivity contribution < 1.29 is 4.79 Å². The molecule has 1 aliphatic carbocycles. The number of nitrogens with two attached hydrogens (primary N) is 1. The van der Waals surface area contributed by atoms with E-state index in [0.717, 1.165) is 6.54 Å². The smallest absolute Gasteiger partial charge is 0.240 e. The van der Waals surface area contributed by atoms with Crippen LogP contribution in [-0.4, -0.2) is 28.9 Å². The largest absolute Gasteiger partial charge is 0.336 e. The molecule has 3 nitrogen and oxygen atoms in total. The van der Waals surface area contributed by atoms with E-state index in [4.69, 9.17) is 5.73 Å². The average Bonchev–Trinajstić information content (AvgIpc) is 1.97. The molecule has 2 fully saturated rings. The molecule has 3 heteroatoms. The Morgan fingerprint density at radius 1 is 1.36 bits per heavy atom. The molecule has 0 unspecified atom stereocenters. The molecule has 2 aliphatic rings. The van der Waals surface area contributed by atoms with Crippen LogP contribution in [0, 0.1) is 5.92 Å². The normalized spacial score (nSPS) is 25.9. The first-order valence-electron chi connectivity index (χ1n) is 5.64. The zero-order valence-electron chi connectivity index (χ0n) is 9.12. The van der Waals surface area contributed by atoms with Crippen molar-refractivity contribution in [3.05, 3.63) is 0 Å². The fourth-order valence-electron chi connectivity index (χ4n) is 2.45. The van der Waals surface area contributed by atoms with E-state index in [2.05, 4.69) is 0 Å². The molecular formula is C11H20N2O. The predicted molar refractivity (Wildman–Crippen MR) is 55.7 cm³/mol. The maximum Gasteiger partial charge on any atom is 0.240 e. The molecule has 1 heterocycles. The van der Waals surface area contributed by atoms with Crippen molar-refractivity contribution in [2.45, 2.75) is 51.1 Å². The molecule has 2 N–H and O–H groups in total. The first-order chi connectivity index (χ1) is 6.57. The Morgan fingerprint density at radius 3 is 2.29 bits per heavy atom. The van der Waals surface area contributed by atoms with Crippen LogP contribution >= 0.6 is 0 Å². The van der Waals surface area contributed by atoms with Gasteiger partial charge in [0.15, 0.2) is 0 Å². The number of carbonyl (C=O) groups is 1. The standard InChI is InChI=1S/C11H20N2O/c1-8(2)9(12)10(14)13-7-6-11(13)4-3-5-11/h8-9H,3-7,12H2,1-2H3/t9-/m1/s1. The Labute approximate surface area is 85.6 Å². The van der Waals surface area contributed by atoms with Gasteiger partial charge < -0.3 is 10.6 Å². The van der Waals surface area contributed by atoms with E-state index >= 15 is 0 Å². The molecular weight excluding hydrogens is 176 g/mol. The molecule has 0 aromatic rings. The van der Waals surface area contributed by atoms with Gasteiger partial charge in [0, 0.05) is 12.1 Å². The minimum Gasteiger partial charge on any atom is -0.336 e. The van der Waals surface area contributed by atoms with Gasteiger partial charge in [0.05, 0.1) is 6.04 Å². The lowest BCUT2D eigenvalue weighted by molar-refractivity contribution is -0.158. The second kappa shape index (κ2) is 3.23. The number of hydrogen-bond acceptors (Lipinski definition) is 2. The summed E-state index contributed by atoms with van der Waals surface area (Å²) in [5.74, 6) is 0.422. The molecule has 80 valence electrons. The highest BCUT2D eigenvalue weighted by atomic mass is 16.2. The zero-order chi connectivity index (χ0) is 10.3. The Balaban J connectivity index is 1.98. The van der Waals surface area contributed by atoms with Crippen molar-refractivity contribution in [3.8, 4) is 0 Å². The van der Waals surface area contributed by atoms with E-state index < -0.39 is 0 Å². The van der Waals surface area contributed by atoms with Gasteiger partial charge in [0.25, 0.3) is 0 Å². The monoisotopic (exact) mass is 196 g/mol. The van der Waals surface area contributed by atoms with Gasteiger partial charge in [-0.3, -0.25) is 4.79 Å². The van der Waals surface area contributed by atoms with Crippen molar-refractivity contribution >= 4 is 5.91 Å². The second-order valence-corrected chi connectivity index (χ2v) is 5.09. The van der Waals surface area contributed by atoms with Gasteiger partial charge in [-0.1, -0.05) is 13.8 Å². The molecule has 0 bridgehead atoms. The lowest BCUT2D eigenvalue weighted by atomic mass is 9.67. The first kappa shape index (κ1) is 9.97. The molecule has 1 aliphatic heterocycles. The minimum absolute atomic E-state index is 0.172. The summed E-state index contributed by atoms with van der Waals surface area (Å²) in [4.78, 5) is 14.0. The van der Waals surface area contributed by atoms with Gasteiger partial charge in [-0.2, -0.15) is 0 Å². The fraction of sp³-hybridized carbons (Fsp3) is 0.909. The third-order valence-corrected chi connectivity index (χ3v) is 3.93. The summed E-state index contributed by atoms with van der Waals surface area (Å²) in [6.45, 7) is 4.95. The van der Waals surface area contributed by atoms with Crippen LogP contribution in [0.1, 0.15) is 39.5 Å². The van der Waals surface area contributed by atoms with Crippen molar-refractivity contribution in [1.82, 2.24) is 4.90 Å². The van der Waals surface area contributed by atoms with Crippen LogP contribution in [0.5, 0.6) is 0 Å². The highest BCUT2D eigenvalue weighted by molar-refractivity contribution is 5.83.